The Morgan fingerprint density at radius 1 is 1.43 bits per heavy atom. The predicted molar refractivity (Wildman–Crippen MR) is 88.6 cm³/mol. The molecule has 5 heteroatoms. The monoisotopic (exact) mass is 314 g/mol. The van der Waals surface area contributed by atoms with E-state index in [0.29, 0.717) is 29.5 Å². The fraction of sp³-hybridized carbons (Fsp3) is 0.667. The normalized spacial score (nSPS) is 24.5. The fourth-order valence-corrected chi connectivity index (χ4v) is 3.53. The van der Waals surface area contributed by atoms with Crippen LogP contribution in [0.25, 0.3) is 0 Å². The number of rotatable bonds is 4. The number of carbonyl (C=O) groups excluding carboxylic acids is 1. The summed E-state index contributed by atoms with van der Waals surface area (Å²) in [5.74, 6) is 1.15. The average molecular weight is 314 g/mol. The van der Waals surface area contributed by atoms with Crippen molar-refractivity contribution in [1.29, 1.82) is 5.26 Å². The standard InChI is InChI=1S/C18H26N4O/c1-12-11-22(18(23)14-4-5-14)7-6-17(12)20-10-15-8-16(9-19)21(3)13(15)2/h8,12,14,17,20H,4-7,10-11H2,1-3H3/t12-,17+/m0/s1. The van der Waals surface area contributed by atoms with Gasteiger partial charge in [-0.3, -0.25) is 4.79 Å². The summed E-state index contributed by atoms with van der Waals surface area (Å²) in [6, 6.07) is 4.63. The maximum atomic E-state index is 12.2. The second kappa shape index (κ2) is 6.37. The topological polar surface area (TPSA) is 61.1 Å². The van der Waals surface area contributed by atoms with Gasteiger partial charge in [-0.2, -0.15) is 5.26 Å². The molecule has 1 N–H and O–H groups in total. The van der Waals surface area contributed by atoms with Crippen LogP contribution in [0.5, 0.6) is 0 Å². The molecule has 0 unspecified atom stereocenters. The smallest absolute Gasteiger partial charge is 0.225 e. The third kappa shape index (κ3) is 3.28. The van der Waals surface area contributed by atoms with E-state index in [1.807, 2.05) is 17.7 Å². The van der Waals surface area contributed by atoms with E-state index >= 15 is 0 Å². The number of nitriles is 1. The van der Waals surface area contributed by atoms with Gasteiger partial charge in [0.1, 0.15) is 11.8 Å². The lowest BCUT2D eigenvalue weighted by Crippen LogP contribution is -2.50. The number of likely N-dealkylation sites (tertiary alicyclic amines) is 1. The molecule has 23 heavy (non-hydrogen) atoms. The van der Waals surface area contributed by atoms with Gasteiger partial charge in [-0.25, -0.2) is 0 Å². The summed E-state index contributed by atoms with van der Waals surface area (Å²) in [5.41, 5.74) is 3.04. The van der Waals surface area contributed by atoms with Crippen molar-refractivity contribution in [3.63, 3.8) is 0 Å². The summed E-state index contributed by atoms with van der Waals surface area (Å²) >= 11 is 0. The fourth-order valence-electron chi connectivity index (χ4n) is 3.53. The number of nitrogens with zero attached hydrogens (tertiary/aromatic N) is 3. The highest BCUT2D eigenvalue weighted by molar-refractivity contribution is 5.81. The number of aromatic nitrogens is 1. The van der Waals surface area contributed by atoms with Crippen molar-refractivity contribution in [2.24, 2.45) is 18.9 Å². The molecule has 1 aliphatic carbocycles. The predicted octanol–water partition coefficient (Wildman–Crippen LogP) is 1.94. The zero-order valence-corrected chi connectivity index (χ0v) is 14.3. The second-order valence-corrected chi connectivity index (χ2v) is 7.12. The Labute approximate surface area is 138 Å². The average Bonchev–Trinajstić information content (AvgIpc) is 3.35. The highest BCUT2D eigenvalue weighted by Gasteiger charge is 2.36. The van der Waals surface area contributed by atoms with Gasteiger partial charge in [-0.05, 0) is 43.7 Å². The van der Waals surface area contributed by atoms with Crippen LogP contribution < -0.4 is 5.32 Å². The minimum absolute atomic E-state index is 0.322. The summed E-state index contributed by atoms with van der Waals surface area (Å²) < 4.78 is 1.94. The van der Waals surface area contributed by atoms with Crippen molar-refractivity contribution in [2.75, 3.05) is 13.1 Å². The van der Waals surface area contributed by atoms with E-state index in [-0.39, 0.29) is 0 Å². The van der Waals surface area contributed by atoms with Crippen LogP contribution in [0.4, 0.5) is 0 Å². The molecule has 1 aromatic heterocycles. The summed E-state index contributed by atoms with van der Waals surface area (Å²) in [7, 11) is 1.93. The first-order chi connectivity index (χ1) is 11.0. The minimum Gasteiger partial charge on any atom is -0.342 e. The number of amides is 1. The molecule has 1 saturated heterocycles. The molecule has 2 heterocycles. The van der Waals surface area contributed by atoms with E-state index in [1.54, 1.807) is 0 Å². The van der Waals surface area contributed by atoms with Crippen molar-refractivity contribution in [1.82, 2.24) is 14.8 Å². The molecular formula is C18H26N4O. The first kappa shape index (κ1) is 16.1. The molecule has 1 aromatic rings. The number of hydrogen-bond donors (Lipinski definition) is 1. The molecule has 1 saturated carbocycles. The minimum atomic E-state index is 0.322. The summed E-state index contributed by atoms with van der Waals surface area (Å²) in [6.07, 6.45) is 3.18. The lowest BCUT2D eigenvalue weighted by molar-refractivity contribution is -0.134. The molecule has 0 spiro atoms. The largest absolute Gasteiger partial charge is 0.342 e. The Kier molecular flexibility index (Phi) is 4.45. The number of carbonyl (C=O) groups is 1. The first-order valence-electron chi connectivity index (χ1n) is 8.58. The lowest BCUT2D eigenvalue weighted by atomic mass is 9.93. The molecule has 1 amide bonds. The van der Waals surface area contributed by atoms with E-state index in [1.165, 1.54) is 5.56 Å². The highest BCUT2D eigenvalue weighted by Crippen LogP contribution is 2.32. The first-order valence-corrected chi connectivity index (χ1v) is 8.58. The van der Waals surface area contributed by atoms with Crippen molar-refractivity contribution in [3.8, 4) is 6.07 Å². The number of piperidine rings is 1. The molecule has 2 fully saturated rings. The van der Waals surface area contributed by atoms with Crippen LogP contribution in [-0.2, 0) is 18.4 Å². The maximum Gasteiger partial charge on any atom is 0.225 e. The van der Waals surface area contributed by atoms with Crippen LogP contribution in [0, 0.1) is 30.1 Å². The quantitative estimate of drug-likeness (QED) is 0.924. The lowest BCUT2D eigenvalue weighted by Gasteiger charge is -2.37. The zero-order valence-electron chi connectivity index (χ0n) is 14.3. The Hall–Kier alpha value is -1.80. The van der Waals surface area contributed by atoms with Gasteiger partial charge in [0.2, 0.25) is 5.91 Å². The highest BCUT2D eigenvalue weighted by atomic mass is 16.2. The second-order valence-electron chi connectivity index (χ2n) is 7.12. The Morgan fingerprint density at radius 2 is 2.17 bits per heavy atom. The third-order valence-corrected chi connectivity index (χ3v) is 5.45. The van der Waals surface area contributed by atoms with Gasteiger partial charge in [-0.15, -0.1) is 0 Å². The van der Waals surface area contributed by atoms with Gasteiger partial charge in [-0.1, -0.05) is 6.92 Å². The molecule has 0 bridgehead atoms. The molecule has 0 aromatic carbocycles. The van der Waals surface area contributed by atoms with Crippen LogP contribution in [-0.4, -0.2) is 34.5 Å². The van der Waals surface area contributed by atoms with Gasteiger partial charge in [0.05, 0.1) is 0 Å². The molecule has 5 nitrogen and oxygen atoms in total. The van der Waals surface area contributed by atoms with Crippen molar-refractivity contribution < 1.29 is 4.79 Å². The van der Waals surface area contributed by atoms with Crippen LogP contribution in [0.2, 0.25) is 0 Å². The van der Waals surface area contributed by atoms with Crippen molar-refractivity contribution in [2.45, 2.75) is 45.7 Å². The SMILES string of the molecule is Cc1c(CN[C@@H]2CCN(C(=O)C3CC3)C[C@@H]2C)cc(C#N)n1C. The van der Waals surface area contributed by atoms with Gasteiger partial charge in [0.15, 0.2) is 0 Å². The summed E-state index contributed by atoms with van der Waals surface area (Å²) in [5, 5.41) is 12.8. The molecule has 124 valence electrons. The van der Waals surface area contributed by atoms with Crippen LogP contribution in [0.15, 0.2) is 6.07 Å². The van der Waals surface area contributed by atoms with E-state index in [9.17, 15) is 4.79 Å². The number of hydrogen-bond acceptors (Lipinski definition) is 3. The number of nitrogens with one attached hydrogen (secondary N) is 1. The van der Waals surface area contributed by atoms with E-state index in [4.69, 9.17) is 5.26 Å². The molecule has 1 aliphatic heterocycles. The van der Waals surface area contributed by atoms with Gasteiger partial charge in [0.25, 0.3) is 0 Å². The summed E-state index contributed by atoms with van der Waals surface area (Å²) in [4.78, 5) is 14.2. The van der Waals surface area contributed by atoms with Crippen molar-refractivity contribution >= 4 is 5.91 Å². The summed E-state index contributed by atoms with van der Waals surface area (Å²) in [6.45, 7) is 6.80. The van der Waals surface area contributed by atoms with Crippen molar-refractivity contribution in [3.05, 3.63) is 23.0 Å². The Balaban J connectivity index is 1.55. The molecule has 2 atom stereocenters. The molecule has 0 radical (unpaired) electrons. The van der Waals surface area contributed by atoms with Crippen LogP contribution in [0.3, 0.4) is 0 Å². The van der Waals surface area contributed by atoms with Gasteiger partial charge < -0.3 is 14.8 Å². The third-order valence-electron chi connectivity index (χ3n) is 5.45. The Morgan fingerprint density at radius 3 is 2.74 bits per heavy atom. The van der Waals surface area contributed by atoms with E-state index in [2.05, 4.69) is 30.1 Å². The van der Waals surface area contributed by atoms with Gasteiger partial charge in [0, 0.05) is 44.3 Å². The van der Waals surface area contributed by atoms with Gasteiger partial charge >= 0.3 is 0 Å². The van der Waals surface area contributed by atoms with Crippen LogP contribution >= 0.6 is 0 Å². The zero-order chi connectivity index (χ0) is 16.6. The Bertz CT molecular complexity index is 638. The van der Waals surface area contributed by atoms with E-state index in [0.717, 1.165) is 44.6 Å². The molecule has 2 aliphatic rings. The molecule has 3 rings (SSSR count). The maximum absolute atomic E-state index is 12.2. The molecular weight excluding hydrogens is 288 g/mol. The van der Waals surface area contributed by atoms with Crippen LogP contribution in [0.1, 0.15) is 43.1 Å². The van der Waals surface area contributed by atoms with E-state index < -0.39 is 0 Å².